The molecule has 0 aliphatic heterocycles. The van der Waals surface area contributed by atoms with Crippen molar-refractivity contribution in [3.8, 4) is 11.1 Å². The van der Waals surface area contributed by atoms with E-state index in [0.717, 1.165) is 27.5 Å². The van der Waals surface area contributed by atoms with Gasteiger partial charge in [0.2, 0.25) is 0 Å². The first-order valence-electron chi connectivity index (χ1n) is 9.25. The maximum Gasteiger partial charge on any atom is 0.338 e. The van der Waals surface area contributed by atoms with E-state index in [-0.39, 0.29) is 12.0 Å². The number of carbonyl (C=O) groups excluding carboxylic acids is 2. The van der Waals surface area contributed by atoms with Crippen LogP contribution in [-0.2, 0) is 4.74 Å². The summed E-state index contributed by atoms with van der Waals surface area (Å²) < 4.78 is 5.19. The molecule has 0 atom stereocenters. The van der Waals surface area contributed by atoms with Crippen LogP contribution in [0, 0.1) is 6.92 Å². The number of carbonyl (C=O) groups is 2. The molecule has 6 nitrogen and oxygen atoms in total. The van der Waals surface area contributed by atoms with Crippen LogP contribution in [0.4, 0.5) is 10.6 Å². The lowest BCUT2D eigenvalue weighted by molar-refractivity contribution is 0.0527. The normalized spacial score (nSPS) is 10.5. The second-order valence-electron chi connectivity index (χ2n) is 6.33. The van der Waals surface area contributed by atoms with Crippen LogP contribution < -0.4 is 10.6 Å². The summed E-state index contributed by atoms with van der Waals surface area (Å²) in [5.74, 6) is 0.123. The largest absolute Gasteiger partial charge is 0.462 e. The molecule has 2 amide bonds. The monoisotopic (exact) mass is 377 g/mol. The lowest BCUT2D eigenvalue weighted by Crippen LogP contribution is -2.28. The van der Waals surface area contributed by atoms with Crippen molar-refractivity contribution in [2.24, 2.45) is 0 Å². The van der Waals surface area contributed by atoms with Gasteiger partial charge in [0.1, 0.15) is 5.82 Å². The Bertz CT molecular complexity index is 1030. The Morgan fingerprint density at radius 1 is 1.11 bits per heavy atom. The fraction of sp³-hybridized carbons (Fsp3) is 0.227. The van der Waals surface area contributed by atoms with Gasteiger partial charge < -0.3 is 10.1 Å². The lowest BCUT2D eigenvalue weighted by atomic mass is 9.95. The number of aromatic nitrogens is 1. The van der Waals surface area contributed by atoms with Crippen molar-refractivity contribution < 1.29 is 14.3 Å². The Morgan fingerprint density at radius 3 is 2.64 bits per heavy atom. The zero-order valence-corrected chi connectivity index (χ0v) is 16.2. The molecule has 3 rings (SSSR count). The third-order valence-corrected chi connectivity index (χ3v) is 4.36. The predicted molar refractivity (Wildman–Crippen MR) is 111 cm³/mol. The number of anilines is 1. The maximum atomic E-state index is 12.3. The van der Waals surface area contributed by atoms with Gasteiger partial charge in [-0.25, -0.2) is 14.6 Å². The number of fused-ring (bicyclic) bond motifs is 1. The van der Waals surface area contributed by atoms with Crippen LogP contribution in [0.3, 0.4) is 0 Å². The Kier molecular flexibility index (Phi) is 5.89. The first-order chi connectivity index (χ1) is 13.5. The molecule has 0 bridgehead atoms. The third-order valence-electron chi connectivity index (χ3n) is 4.36. The number of nitrogens with one attached hydrogen (secondary N) is 2. The van der Waals surface area contributed by atoms with Gasteiger partial charge in [0.05, 0.1) is 12.2 Å². The number of pyridine rings is 1. The zero-order valence-electron chi connectivity index (χ0n) is 16.2. The summed E-state index contributed by atoms with van der Waals surface area (Å²) in [5.41, 5.74) is 3.27. The molecule has 0 saturated carbocycles. The van der Waals surface area contributed by atoms with Crippen LogP contribution in [0.25, 0.3) is 21.9 Å². The fourth-order valence-corrected chi connectivity index (χ4v) is 3.11. The highest BCUT2D eigenvalue weighted by molar-refractivity contribution is 6.00. The molecule has 6 heteroatoms. The zero-order chi connectivity index (χ0) is 20.1. The number of hydrogen-bond donors (Lipinski definition) is 2. The molecule has 0 spiro atoms. The predicted octanol–water partition coefficient (Wildman–Crippen LogP) is 4.53. The van der Waals surface area contributed by atoms with Gasteiger partial charge in [0, 0.05) is 18.1 Å². The van der Waals surface area contributed by atoms with Gasteiger partial charge in [-0.15, -0.1) is 0 Å². The van der Waals surface area contributed by atoms with Gasteiger partial charge in [-0.05, 0) is 61.0 Å². The van der Waals surface area contributed by atoms with E-state index in [2.05, 4.69) is 15.6 Å². The van der Waals surface area contributed by atoms with Crippen LogP contribution in [-0.4, -0.2) is 30.1 Å². The molecule has 0 saturated heterocycles. The summed E-state index contributed by atoms with van der Waals surface area (Å²) in [6, 6.07) is 12.9. The highest BCUT2D eigenvalue weighted by atomic mass is 16.5. The van der Waals surface area contributed by atoms with Gasteiger partial charge >= 0.3 is 12.0 Å². The number of urea groups is 1. The van der Waals surface area contributed by atoms with Crippen LogP contribution in [0.2, 0.25) is 0 Å². The van der Waals surface area contributed by atoms with E-state index in [1.165, 1.54) is 0 Å². The molecule has 3 aromatic rings. The number of amides is 2. The summed E-state index contributed by atoms with van der Waals surface area (Å²) in [4.78, 5) is 28.4. The Hall–Kier alpha value is -3.41. The number of nitrogens with zero attached hydrogens (tertiary/aromatic N) is 1. The third kappa shape index (κ3) is 4.11. The van der Waals surface area contributed by atoms with Gasteiger partial charge in [0.15, 0.2) is 0 Å². The average molecular weight is 377 g/mol. The second kappa shape index (κ2) is 8.52. The van der Waals surface area contributed by atoms with Crippen molar-refractivity contribution in [2.75, 3.05) is 18.5 Å². The molecule has 0 aliphatic carbocycles. The lowest BCUT2D eigenvalue weighted by Gasteiger charge is -2.12. The number of esters is 1. The Morgan fingerprint density at radius 2 is 1.89 bits per heavy atom. The summed E-state index contributed by atoms with van der Waals surface area (Å²) in [6.07, 6.45) is 1.74. The minimum absolute atomic E-state index is 0.296. The number of benzene rings is 2. The summed E-state index contributed by atoms with van der Waals surface area (Å²) >= 11 is 0. The van der Waals surface area contributed by atoms with Crippen molar-refractivity contribution in [3.63, 3.8) is 0 Å². The van der Waals surface area contributed by atoms with Crippen LogP contribution in [0.15, 0.2) is 48.7 Å². The second-order valence-corrected chi connectivity index (χ2v) is 6.33. The van der Waals surface area contributed by atoms with Crippen molar-refractivity contribution in [1.82, 2.24) is 10.3 Å². The molecule has 28 heavy (non-hydrogen) atoms. The Balaban J connectivity index is 2.06. The van der Waals surface area contributed by atoms with Crippen LogP contribution in [0.1, 0.15) is 29.8 Å². The average Bonchev–Trinajstić information content (AvgIpc) is 2.68. The molecule has 2 aromatic carbocycles. The molecular weight excluding hydrogens is 354 g/mol. The maximum absolute atomic E-state index is 12.3. The van der Waals surface area contributed by atoms with Crippen LogP contribution >= 0.6 is 0 Å². The van der Waals surface area contributed by atoms with Crippen molar-refractivity contribution in [2.45, 2.75) is 20.8 Å². The molecule has 2 N–H and O–H groups in total. The number of ether oxygens (including phenoxy) is 1. The van der Waals surface area contributed by atoms with Crippen molar-refractivity contribution >= 4 is 28.6 Å². The van der Waals surface area contributed by atoms with Crippen LogP contribution in [0.5, 0.6) is 0 Å². The first-order valence-corrected chi connectivity index (χ1v) is 9.25. The molecule has 0 radical (unpaired) electrons. The van der Waals surface area contributed by atoms with E-state index in [1.807, 2.05) is 50.2 Å². The standard InChI is InChI=1S/C22H23N3O3/c1-4-23-22(27)25-20-12-16-11-15(10-14(3)19(16)13-24-20)17-8-6-7-9-18(17)21(26)28-5-2/h6-13H,4-5H2,1-3H3,(H2,23,24,25,27). The summed E-state index contributed by atoms with van der Waals surface area (Å²) in [7, 11) is 0. The molecular formula is C22H23N3O3. The van der Waals surface area contributed by atoms with Gasteiger partial charge in [-0.2, -0.15) is 0 Å². The topological polar surface area (TPSA) is 80.3 Å². The van der Waals surface area contributed by atoms with Crippen molar-refractivity contribution in [1.29, 1.82) is 0 Å². The van der Waals surface area contributed by atoms with E-state index in [0.29, 0.717) is 24.5 Å². The summed E-state index contributed by atoms with van der Waals surface area (Å²) in [6.45, 7) is 6.50. The number of hydrogen-bond acceptors (Lipinski definition) is 4. The van der Waals surface area contributed by atoms with Crippen molar-refractivity contribution in [3.05, 3.63) is 59.8 Å². The fourth-order valence-electron chi connectivity index (χ4n) is 3.11. The van der Waals surface area contributed by atoms with E-state index >= 15 is 0 Å². The summed E-state index contributed by atoms with van der Waals surface area (Å²) in [5, 5.41) is 7.32. The van der Waals surface area contributed by atoms with E-state index in [9.17, 15) is 9.59 Å². The van der Waals surface area contributed by atoms with Gasteiger partial charge in [-0.1, -0.05) is 24.3 Å². The quantitative estimate of drug-likeness (QED) is 0.640. The molecule has 0 fully saturated rings. The Labute approximate surface area is 163 Å². The van der Waals surface area contributed by atoms with Gasteiger partial charge in [0.25, 0.3) is 0 Å². The minimum atomic E-state index is -0.343. The molecule has 1 heterocycles. The van der Waals surface area contributed by atoms with E-state index < -0.39 is 0 Å². The smallest absolute Gasteiger partial charge is 0.338 e. The number of aryl methyl sites for hydroxylation is 1. The molecule has 144 valence electrons. The van der Waals surface area contributed by atoms with Gasteiger partial charge in [-0.3, -0.25) is 5.32 Å². The molecule has 1 aromatic heterocycles. The molecule has 0 unspecified atom stereocenters. The first kappa shape index (κ1) is 19.4. The SMILES string of the molecule is CCNC(=O)Nc1cc2cc(-c3ccccc3C(=O)OCC)cc(C)c2cn1. The van der Waals surface area contributed by atoms with E-state index in [1.54, 1.807) is 19.2 Å². The minimum Gasteiger partial charge on any atom is -0.462 e. The number of rotatable bonds is 5. The highest BCUT2D eigenvalue weighted by Crippen LogP contribution is 2.30. The molecule has 0 aliphatic rings. The highest BCUT2D eigenvalue weighted by Gasteiger charge is 2.14. The van der Waals surface area contributed by atoms with E-state index in [4.69, 9.17) is 4.74 Å².